The lowest BCUT2D eigenvalue weighted by Crippen LogP contribution is -2.27. The second-order valence-corrected chi connectivity index (χ2v) is 5.03. The second kappa shape index (κ2) is 7.55. The van der Waals surface area contributed by atoms with Gasteiger partial charge in [0.15, 0.2) is 0 Å². The van der Waals surface area contributed by atoms with Crippen LogP contribution in [0.5, 0.6) is 0 Å². The van der Waals surface area contributed by atoms with Gasteiger partial charge in [-0.1, -0.05) is 18.2 Å². The fraction of sp³-hybridized carbons (Fsp3) is 0.294. The molecule has 0 aliphatic heterocycles. The van der Waals surface area contributed by atoms with E-state index in [1.807, 2.05) is 50.5 Å². The van der Waals surface area contributed by atoms with Crippen molar-refractivity contribution in [2.75, 3.05) is 20.6 Å². The Bertz CT molecular complexity index is 584. The van der Waals surface area contributed by atoms with Crippen molar-refractivity contribution in [3.8, 4) is 0 Å². The van der Waals surface area contributed by atoms with Gasteiger partial charge in [-0.2, -0.15) is 0 Å². The molecule has 0 unspecified atom stereocenters. The van der Waals surface area contributed by atoms with Gasteiger partial charge in [0, 0.05) is 31.5 Å². The maximum atomic E-state index is 12.6. The average molecular weight is 283 g/mol. The topological polar surface area (TPSA) is 45.2 Å². The van der Waals surface area contributed by atoms with Gasteiger partial charge in [-0.25, -0.2) is 0 Å². The molecule has 0 saturated heterocycles. The fourth-order valence-corrected chi connectivity index (χ4v) is 2.25. The van der Waals surface area contributed by atoms with Gasteiger partial charge in [-0.15, -0.1) is 0 Å². The van der Waals surface area contributed by atoms with Crippen molar-refractivity contribution in [2.45, 2.75) is 13.0 Å². The summed E-state index contributed by atoms with van der Waals surface area (Å²) in [5.74, 6) is 0.0542. The van der Waals surface area contributed by atoms with Crippen LogP contribution in [0, 0.1) is 0 Å². The highest BCUT2D eigenvalue weighted by Crippen LogP contribution is 2.13. The number of amides is 1. The molecule has 0 atom stereocenters. The maximum absolute atomic E-state index is 12.6. The number of likely N-dealkylation sites (N-methyl/N-ethyl adjacent to an activating group) is 1. The van der Waals surface area contributed by atoms with Crippen LogP contribution in [0.4, 0.5) is 0 Å². The number of aromatic nitrogens is 1. The van der Waals surface area contributed by atoms with Crippen molar-refractivity contribution in [1.29, 1.82) is 0 Å². The molecule has 0 bridgehead atoms. The second-order valence-electron chi connectivity index (χ2n) is 5.03. The number of rotatable bonds is 6. The number of hydrogen-bond donors (Lipinski definition) is 1. The molecule has 0 fully saturated rings. The van der Waals surface area contributed by atoms with Gasteiger partial charge in [0.25, 0.3) is 5.91 Å². The number of nitrogens with one attached hydrogen (secondary N) is 1. The summed E-state index contributed by atoms with van der Waals surface area (Å²) in [5, 5.41) is 3.12. The molecule has 4 nitrogen and oxygen atoms in total. The molecule has 4 heteroatoms. The van der Waals surface area contributed by atoms with Crippen molar-refractivity contribution in [1.82, 2.24) is 15.2 Å². The van der Waals surface area contributed by atoms with Crippen LogP contribution in [-0.2, 0) is 13.0 Å². The quantitative estimate of drug-likeness (QED) is 0.883. The first kappa shape index (κ1) is 15.2. The zero-order valence-corrected chi connectivity index (χ0v) is 12.5. The van der Waals surface area contributed by atoms with E-state index in [2.05, 4.69) is 10.3 Å². The third-order valence-corrected chi connectivity index (χ3v) is 3.41. The molecule has 1 aromatic carbocycles. The van der Waals surface area contributed by atoms with Crippen LogP contribution in [0.3, 0.4) is 0 Å². The van der Waals surface area contributed by atoms with Crippen LogP contribution in [0.25, 0.3) is 0 Å². The van der Waals surface area contributed by atoms with Crippen LogP contribution in [-0.4, -0.2) is 36.4 Å². The normalized spacial score (nSPS) is 10.4. The predicted octanol–water partition coefficient (Wildman–Crippen LogP) is 2.12. The first-order valence-corrected chi connectivity index (χ1v) is 7.09. The Kier molecular flexibility index (Phi) is 5.46. The van der Waals surface area contributed by atoms with Gasteiger partial charge in [0.2, 0.25) is 0 Å². The van der Waals surface area contributed by atoms with Crippen molar-refractivity contribution >= 4 is 5.91 Å². The van der Waals surface area contributed by atoms with Gasteiger partial charge >= 0.3 is 0 Å². The van der Waals surface area contributed by atoms with Crippen LogP contribution in [0.1, 0.15) is 21.5 Å². The van der Waals surface area contributed by atoms with E-state index in [-0.39, 0.29) is 5.91 Å². The molecular weight excluding hydrogens is 262 g/mol. The minimum absolute atomic E-state index is 0.0542. The molecule has 2 rings (SSSR count). The highest BCUT2D eigenvalue weighted by molar-refractivity contribution is 5.95. The minimum Gasteiger partial charge on any atom is -0.337 e. The standard InChI is InChI=1S/C17H21N3O/c1-18-10-9-15-5-3-4-6-16(15)17(21)20(2)13-14-7-11-19-12-8-14/h3-8,11-12,18H,9-10,13H2,1-2H3. The van der Waals surface area contributed by atoms with Crippen LogP contribution in [0.15, 0.2) is 48.8 Å². The van der Waals surface area contributed by atoms with E-state index in [1.54, 1.807) is 17.3 Å². The van der Waals surface area contributed by atoms with E-state index >= 15 is 0 Å². The lowest BCUT2D eigenvalue weighted by atomic mass is 10.0. The summed E-state index contributed by atoms with van der Waals surface area (Å²) in [4.78, 5) is 18.4. The average Bonchev–Trinajstić information content (AvgIpc) is 2.53. The van der Waals surface area contributed by atoms with Crippen molar-refractivity contribution < 1.29 is 4.79 Å². The summed E-state index contributed by atoms with van der Waals surface area (Å²) in [6, 6.07) is 11.7. The lowest BCUT2D eigenvalue weighted by Gasteiger charge is -2.19. The van der Waals surface area contributed by atoms with Crippen molar-refractivity contribution in [3.63, 3.8) is 0 Å². The summed E-state index contributed by atoms with van der Waals surface area (Å²) in [7, 11) is 3.75. The maximum Gasteiger partial charge on any atom is 0.254 e. The van der Waals surface area contributed by atoms with Gasteiger partial charge in [0.05, 0.1) is 0 Å². The van der Waals surface area contributed by atoms with Crippen molar-refractivity contribution in [2.24, 2.45) is 0 Å². The number of carbonyl (C=O) groups is 1. The first-order chi connectivity index (χ1) is 10.2. The van der Waals surface area contributed by atoms with E-state index in [0.717, 1.165) is 29.7 Å². The molecule has 2 aromatic rings. The Morgan fingerprint density at radius 1 is 1.19 bits per heavy atom. The highest BCUT2D eigenvalue weighted by Gasteiger charge is 2.15. The molecule has 1 heterocycles. The number of hydrogen-bond acceptors (Lipinski definition) is 3. The van der Waals surface area contributed by atoms with E-state index in [9.17, 15) is 4.79 Å². The molecule has 1 N–H and O–H groups in total. The Hall–Kier alpha value is -2.20. The molecule has 1 amide bonds. The van der Waals surface area contributed by atoms with E-state index in [0.29, 0.717) is 6.54 Å². The number of pyridine rings is 1. The third-order valence-electron chi connectivity index (χ3n) is 3.41. The molecule has 0 aliphatic rings. The number of benzene rings is 1. The summed E-state index contributed by atoms with van der Waals surface area (Å²) in [6.07, 6.45) is 4.34. The summed E-state index contributed by atoms with van der Waals surface area (Å²) < 4.78 is 0. The Morgan fingerprint density at radius 2 is 1.90 bits per heavy atom. The smallest absolute Gasteiger partial charge is 0.254 e. The Labute approximate surface area is 125 Å². The monoisotopic (exact) mass is 283 g/mol. The molecule has 110 valence electrons. The Balaban J connectivity index is 2.12. The summed E-state index contributed by atoms with van der Waals surface area (Å²) in [5.41, 5.74) is 2.94. The van der Waals surface area contributed by atoms with Crippen LogP contribution < -0.4 is 5.32 Å². The fourth-order valence-electron chi connectivity index (χ4n) is 2.25. The van der Waals surface area contributed by atoms with Gasteiger partial charge in [-0.05, 0) is 49.3 Å². The van der Waals surface area contributed by atoms with Gasteiger partial charge in [-0.3, -0.25) is 9.78 Å². The largest absolute Gasteiger partial charge is 0.337 e. The van der Waals surface area contributed by atoms with Crippen LogP contribution in [0.2, 0.25) is 0 Å². The molecule has 0 saturated carbocycles. The number of nitrogens with zero attached hydrogens (tertiary/aromatic N) is 2. The summed E-state index contributed by atoms with van der Waals surface area (Å²) >= 11 is 0. The van der Waals surface area contributed by atoms with Crippen molar-refractivity contribution in [3.05, 3.63) is 65.5 Å². The first-order valence-electron chi connectivity index (χ1n) is 7.09. The zero-order valence-electron chi connectivity index (χ0n) is 12.5. The highest BCUT2D eigenvalue weighted by atomic mass is 16.2. The lowest BCUT2D eigenvalue weighted by molar-refractivity contribution is 0.0784. The Morgan fingerprint density at radius 3 is 2.62 bits per heavy atom. The predicted molar refractivity (Wildman–Crippen MR) is 84.1 cm³/mol. The number of carbonyl (C=O) groups excluding carboxylic acids is 1. The van der Waals surface area contributed by atoms with E-state index in [1.165, 1.54) is 0 Å². The molecule has 0 aliphatic carbocycles. The summed E-state index contributed by atoms with van der Waals surface area (Å²) in [6.45, 7) is 1.44. The van der Waals surface area contributed by atoms with E-state index < -0.39 is 0 Å². The molecule has 21 heavy (non-hydrogen) atoms. The SMILES string of the molecule is CNCCc1ccccc1C(=O)N(C)Cc1ccncc1. The third kappa shape index (κ3) is 4.13. The molecule has 0 spiro atoms. The van der Waals surface area contributed by atoms with Crippen LogP contribution >= 0.6 is 0 Å². The van der Waals surface area contributed by atoms with Gasteiger partial charge in [0.1, 0.15) is 0 Å². The van der Waals surface area contributed by atoms with Gasteiger partial charge < -0.3 is 10.2 Å². The molecule has 1 aromatic heterocycles. The van der Waals surface area contributed by atoms with E-state index in [4.69, 9.17) is 0 Å². The molecular formula is C17H21N3O. The minimum atomic E-state index is 0.0542. The molecule has 0 radical (unpaired) electrons. The zero-order chi connectivity index (χ0) is 15.1.